The second kappa shape index (κ2) is 11.1. The summed E-state index contributed by atoms with van der Waals surface area (Å²) in [7, 11) is -3.57. The number of aryl methyl sites for hydroxylation is 1. The first-order valence-electron chi connectivity index (χ1n) is 13.3. The Morgan fingerprint density at radius 2 is 1.65 bits per heavy atom. The van der Waals surface area contributed by atoms with Gasteiger partial charge in [-0.25, -0.2) is 13.1 Å². The number of para-hydroxylation sites is 2. The zero-order chi connectivity index (χ0) is 27.7. The number of fused-ring (bicyclic) bond motifs is 3. The molecular formula is C29H30N6O3S2. The molecule has 1 aliphatic rings. The summed E-state index contributed by atoms with van der Waals surface area (Å²) >= 11 is 1.30. The lowest BCUT2D eigenvalue weighted by Crippen LogP contribution is -2.32. The Hall–Kier alpha value is -3.67. The van der Waals surface area contributed by atoms with Crippen molar-refractivity contribution in [2.75, 3.05) is 11.1 Å². The minimum absolute atomic E-state index is 0.00154. The van der Waals surface area contributed by atoms with Crippen LogP contribution in [-0.4, -0.2) is 45.3 Å². The summed E-state index contributed by atoms with van der Waals surface area (Å²) in [5, 5.41) is 12.3. The van der Waals surface area contributed by atoms with Crippen LogP contribution in [0.15, 0.2) is 82.8 Å². The van der Waals surface area contributed by atoms with Crippen LogP contribution in [0.2, 0.25) is 0 Å². The number of amides is 1. The number of thioether (sulfide) groups is 1. The second-order valence-corrected chi connectivity index (χ2v) is 12.8. The smallest absolute Gasteiger partial charge is 0.240 e. The van der Waals surface area contributed by atoms with Crippen LogP contribution >= 0.6 is 11.8 Å². The highest BCUT2D eigenvalue weighted by atomic mass is 32.2. The molecule has 1 amide bonds. The van der Waals surface area contributed by atoms with E-state index in [1.807, 2.05) is 22.6 Å². The monoisotopic (exact) mass is 574 g/mol. The lowest BCUT2D eigenvalue weighted by molar-refractivity contribution is -0.113. The van der Waals surface area contributed by atoms with Crippen molar-refractivity contribution in [3.8, 4) is 0 Å². The highest BCUT2D eigenvalue weighted by molar-refractivity contribution is 7.99. The Balaban J connectivity index is 1.14. The number of benzene rings is 3. The largest absolute Gasteiger partial charge is 0.325 e. The minimum Gasteiger partial charge on any atom is -0.325 e. The molecule has 1 aliphatic carbocycles. The number of aromatic nitrogens is 4. The lowest BCUT2D eigenvalue weighted by Gasteiger charge is -2.13. The average Bonchev–Trinajstić information content (AvgIpc) is 3.67. The standard InChI is InChI=1S/C29H30N6O3S2/c1-20-10-12-21(13-11-20)18-34-25-8-4-5-9-26(25)35-28(34)31-32-29(35)39-19-27(36)30-22-14-16-24(17-15-22)40(37,38)33-23-6-2-3-7-23/h4-5,8-17,23,33H,2-3,6-7,18-19H2,1H3,(H,30,36). The summed E-state index contributed by atoms with van der Waals surface area (Å²) in [5.41, 5.74) is 4.92. The van der Waals surface area contributed by atoms with Crippen LogP contribution in [0.3, 0.4) is 0 Å². The van der Waals surface area contributed by atoms with E-state index in [4.69, 9.17) is 0 Å². The maximum Gasteiger partial charge on any atom is 0.240 e. The molecule has 2 heterocycles. The molecule has 0 unspecified atom stereocenters. The highest BCUT2D eigenvalue weighted by Gasteiger charge is 2.23. The van der Waals surface area contributed by atoms with E-state index >= 15 is 0 Å². The third-order valence-corrected chi connectivity index (χ3v) is 9.66. The fourth-order valence-electron chi connectivity index (χ4n) is 5.14. The van der Waals surface area contributed by atoms with E-state index < -0.39 is 10.0 Å². The van der Waals surface area contributed by atoms with E-state index in [9.17, 15) is 13.2 Å². The van der Waals surface area contributed by atoms with Crippen LogP contribution in [0.4, 0.5) is 5.69 Å². The van der Waals surface area contributed by atoms with Gasteiger partial charge in [-0.3, -0.25) is 9.20 Å². The normalized spacial score (nSPS) is 14.3. The van der Waals surface area contributed by atoms with Crippen molar-refractivity contribution in [1.29, 1.82) is 0 Å². The van der Waals surface area contributed by atoms with E-state index in [0.29, 0.717) is 23.2 Å². The zero-order valence-electron chi connectivity index (χ0n) is 22.1. The van der Waals surface area contributed by atoms with Gasteiger partial charge in [-0.2, -0.15) is 0 Å². The topological polar surface area (TPSA) is 110 Å². The molecule has 0 spiro atoms. The number of nitrogens with one attached hydrogen (secondary N) is 2. The molecule has 11 heteroatoms. The molecule has 5 aromatic rings. The van der Waals surface area contributed by atoms with E-state index in [2.05, 4.69) is 62.1 Å². The van der Waals surface area contributed by atoms with Gasteiger partial charge >= 0.3 is 0 Å². The van der Waals surface area contributed by atoms with Gasteiger partial charge in [0, 0.05) is 11.7 Å². The summed E-state index contributed by atoms with van der Waals surface area (Å²) in [4.78, 5) is 13.0. The number of nitrogens with zero attached hydrogens (tertiary/aromatic N) is 4. The third kappa shape index (κ3) is 5.49. The Labute approximate surface area is 237 Å². The predicted octanol–water partition coefficient (Wildman–Crippen LogP) is 4.99. The molecular weight excluding hydrogens is 544 g/mol. The summed E-state index contributed by atoms with van der Waals surface area (Å²) in [5.74, 6) is 0.624. The first-order valence-corrected chi connectivity index (χ1v) is 15.8. The van der Waals surface area contributed by atoms with Gasteiger partial charge in [0.25, 0.3) is 0 Å². The summed E-state index contributed by atoms with van der Waals surface area (Å²) in [6.07, 6.45) is 3.84. The fourth-order valence-corrected chi connectivity index (χ4v) is 7.18. The number of carbonyl (C=O) groups is 1. The van der Waals surface area contributed by atoms with Crippen LogP contribution in [-0.2, 0) is 21.4 Å². The van der Waals surface area contributed by atoms with Gasteiger partial charge in [-0.05, 0) is 61.7 Å². The number of rotatable bonds is 9. The number of imidazole rings is 1. The number of hydrogen-bond donors (Lipinski definition) is 2. The number of hydrogen-bond acceptors (Lipinski definition) is 6. The third-order valence-electron chi connectivity index (χ3n) is 7.19. The second-order valence-electron chi connectivity index (χ2n) is 10.1. The molecule has 2 aromatic heterocycles. The van der Waals surface area contributed by atoms with Crippen molar-refractivity contribution < 1.29 is 13.2 Å². The molecule has 0 radical (unpaired) electrons. The Kier molecular flexibility index (Phi) is 7.35. The van der Waals surface area contributed by atoms with Crippen LogP contribution in [0.1, 0.15) is 36.8 Å². The van der Waals surface area contributed by atoms with Gasteiger partial charge in [-0.15, -0.1) is 10.2 Å². The van der Waals surface area contributed by atoms with Crippen LogP contribution in [0.5, 0.6) is 0 Å². The highest BCUT2D eigenvalue weighted by Crippen LogP contribution is 2.27. The van der Waals surface area contributed by atoms with Crippen molar-refractivity contribution >= 4 is 50.2 Å². The van der Waals surface area contributed by atoms with E-state index in [-0.39, 0.29) is 22.6 Å². The minimum atomic E-state index is -3.57. The van der Waals surface area contributed by atoms with E-state index in [0.717, 1.165) is 36.7 Å². The van der Waals surface area contributed by atoms with E-state index in [1.165, 1.54) is 35.0 Å². The molecule has 0 bridgehead atoms. The van der Waals surface area contributed by atoms with Gasteiger partial charge in [-0.1, -0.05) is 66.6 Å². The zero-order valence-corrected chi connectivity index (χ0v) is 23.7. The molecule has 206 valence electrons. The van der Waals surface area contributed by atoms with Gasteiger partial charge in [0.15, 0.2) is 5.16 Å². The van der Waals surface area contributed by atoms with Gasteiger partial charge in [0.05, 0.1) is 28.2 Å². The molecule has 1 fully saturated rings. The van der Waals surface area contributed by atoms with Crippen LogP contribution in [0, 0.1) is 6.92 Å². The molecule has 6 rings (SSSR count). The van der Waals surface area contributed by atoms with Crippen molar-refractivity contribution in [3.05, 3.63) is 83.9 Å². The number of sulfonamides is 1. The fraction of sp³-hybridized carbons (Fsp3) is 0.276. The molecule has 1 saturated carbocycles. The van der Waals surface area contributed by atoms with Crippen molar-refractivity contribution in [2.45, 2.75) is 55.2 Å². The maximum absolute atomic E-state index is 12.8. The van der Waals surface area contributed by atoms with Crippen LogP contribution < -0.4 is 10.0 Å². The first-order chi connectivity index (χ1) is 19.4. The molecule has 0 atom stereocenters. The Morgan fingerprint density at radius 3 is 2.38 bits per heavy atom. The average molecular weight is 575 g/mol. The molecule has 9 nitrogen and oxygen atoms in total. The first kappa shape index (κ1) is 26.5. The molecule has 3 aromatic carbocycles. The summed E-state index contributed by atoms with van der Waals surface area (Å²) in [6.45, 7) is 2.72. The number of anilines is 1. The van der Waals surface area contributed by atoms with Gasteiger partial charge in [0.2, 0.25) is 21.7 Å². The summed E-state index contributed by atoms with van der Waals surface area (Å²) in [6, 6.07) is 22.8. The Morgan fingerprint density at radius 1 is 0.950 bits per heavy atom. The maximum atomic E-state index is 12.8. The predicted molar refractivity (Wildman–Crippen MR) is 157 cm³/mol. The molecule has 0 saturated heterocycles. The molecule has 2 N–H and O–H groups in total. The quantitative estimate of drug-likeness (QED) is 0.240. The van der Waals surface area contributed by atoms with E-state index in [1.54, 1.807) is 12.1 Å². The van der Waals surface area contributed by atoms with Crippen molar-refractivity contribution in [1.82, 2.24) is 23.9 Å². The lowest BCUT2D eigenvalue weighted by atomic mass is 10.1. The van der Waals surface area contributed by atoms with Gasteiger partial charge in [0.1, 0.15) is 0 Å². The SMILES string of the molecule is Cc1ccc(Cn2c3ccccc3n3c(SCC(=O)Nc4ccc(S(=O)(=O)NC5CCCC5)cc4)nnc23)cc1. The van der Waals surface area contributed by atoms with Crippen molar-refractivity contribution in [3.63, 3.8) is 0 Å². The van der Waals surface area contributed by atoms with Gasteiger partial charge < -0.3 is 9.88 Å². The molecule has 40 heavy (non-hydrogen) atoms. The number of carbonyl (C=O) groups excluding carboxylic acids is 1. The molecule has 0 aliphatic heterocycles. The van der Waals surface area contributed by atoms with Crippen LogP contribution in [0.25, 0.3) is 16.8 Å². The Bertz CT molecular complexity index is 1770. The summed E-state index contributed by atoms with van der Waals surface area (Å²) < 4.78 is 32.2. The van der Waals surface area contributed by atoms with Crippen molar-refractivity contribution in [2.24, 2.45) is 0 Å².